The molecule has 0 saturated heterocycles. The van der Waals surface area contributed by atoms with Crippen molar-refractivity contribution in [2.24, 2.45) is 4.99 Å². The molecule has 5 nitrogen and oxygen atoms in total. The van der Waals surface area contributed by atoms with Gasteiger partial charge in [-0.3, -0.25) is 9.79 Å². The Bertz CT molecular complexity index is 825. The lowest BCUT2D eigenvalue weighted by atomic mass is 10.0. The summed E-state index contributed by atoms with van der Waals surface area (Å²) in [6.07, 6.45) is 0.716. The molecule has 0 unspecified atom stereocenters. The van der Waals surface area contributed by atoms with Gasteiger partial charge in [-0.2, -0.15) is 0 Å². The largest absolute Gasteiger partial charge is 0.462 e. The molecule has 134 valence electrons. The molecule has 1 aliphatic rings. The molecule has 0 fully saturated rings. The van der Waals surface area contributed by atoms with Crippen molar-refractivity contribution < 1.29 is 14.3 Å². The van der Waals surface area contributed by atoms with Gasteiger partial charge in [-0.1, -0.05) is 30.3 Å². The number of nitrogens with one attached hydrogen (secondary N) is 1. The van der Waals surface area contributed by atoms with Crippen LogP contribution in [-0.2, 0) is 22.4 Å². The summed E-state index contributed by atoms with van der Waals surface area (Å²) in [5.41, 5.74) is 3.39. The number of Topliss-reactive ketones (excluding diaryl/α,β-unsaturated/α-hetero) is 1. The van der Waals surface area contributed by atoms with Crippen molar-refractivity contribution in [2.45, 2.75) is 19.8 Å². The highest BCUT2D eigenvalue weighted by molar-refractivity contribution is 6.00. The third kappa shape index (κ3) is 4.57. The van der Waals surface area contributed by atoms with Gasteiger partial charge in [0.15, 0.2) is 0 Å². The smallest absolute Gasteiger partial charge is 0.338 e. The number of ether oxygens (including phenoxy) is 1. The molecule has 3 rings (SSSR count). The van der Waals surface area contributed by atoms with E-state index < -0.39 is 0 Å². The highest BCUT2D eigenvalue weighted by Gasteiger charge is 2.11. The minimum absolute atomic E-state index is 0.132. The zero-order chi connectivity index (χ0) is 18.4. The molecule has 0 saturated carbocycles. The topological polar surface area (TPSA) is 67.8 Å². The SMILES string of the molecule is CCOC(=O)c1ccc(CC(=O)Cc2cccc(C3=NCCN3)c2)cc1. The molecule has 26 heavy (non-hydrogen) atoms. The van der Waals surface area contributed by atoms with Crippen LogP contribution in [0.5, 0.6) is 0 Å². The van der Waals surface area contributed by atoms with Crippen LogP contribution in [0.25, 0.3) is 0 Å². The number of carbonyl (C=O) groups excluding carboxylic acids is 2. The number of hydrogen-bond acceptors (Lipinski definition) is 5. The lowest BCUT2D eigenvalue weighted by Crippen LogP contribution is -2.19. The van der Waals surface area contributed by atoms with Gasteiger partial charge in [0.25, 0.3) is 0 Å². The Balaban J connectivity index is 1.60. The van der Waals surface area contributed by atoms with E-state index in [4.69, 9.17) is 4.74 Å². The van der Waals surface area contributed by atoms with Crippen molar-refractivity contribution in [1.29, 1.82) is 0 Å². The van der Waals surface area contributed by atoms with Crippen molar-refractivity contribution in [2.75, 3.05) is 19.7 Å². The van der Waals surface area contributed by atoms with E-state index in [1.54, 1.807) is 31.2 Å². The van der Waals surface area contributed by atoms with Crippen LogP contribution in [-0.4, -0.2) is 37.3 Å². The van der Waals surface area contributed by atoms with E-state index >= 15 is 0 Å². The van der Waals surface area contributed by atoms with Gasteiger partial charge in [0, 0.05) is 24.9 Å². The van der Waals surface area contributed by atoms with Gasteiger partial charge in [-0.25, -0.2) is 4.79 Å². The van der Waals surface area contributed by atoms with Gasteiger partial charge < -0.3 is 10.1 Å². The second-order valence-corrected chi connectivity index (χ2v) is 6.17. The van der Waals surface area contributed by atoms with Crippen LogP contribution in [0.4, 0.5) is 0 Å². The predicted molar refractivity (Wildman–Crippen MR) is 101 cm³/mol. The van der Waals surface area contributed by atoms with Crippen LogP contribution < -0.4 is 5.32 Å². The lowest BCUT2D eigenvalue weighted by Gasteiger charge is -2.07. The first-order valence-corrected chi connectivity index (χ1v) is 8.81. The summed E-state index contributed by atoms with van der Waals surface area (Å²) in [6.45, 7) is 3.77. The standard InChI is InChI=1S/C21H22N2O3/c1-2-26-21(25)17-8-6-15(7-9-17)13-19(24)14-16-4-3-5-18(12-16)20-22-10-11-23-20/h3-9,12H,2,10-11,13-14H2,1H3,(H,22,23). The monoisotopic (exact) mass is 350 g/mol. The Morgan fingerprint density at radius 1 is 1.08 bits per heavy atom. The highest BCUT2D eigenvalue weighted by atomic mass is 16.5. The first-order valence-electron chi connectivity index (χ1n) is 8.81. The van der Waals surface area contributed by atoms with E-state index in [1.165, 1.54) is 0 Å². The Labute approximate surface area is 153 Å². The van der Waals surface area contributed by atoms with E-state index in [1.807, 2.05) is 24.3 Å². The fourth-order valence-corrected chi connectivity index (χ4v) is 2.91. The predicted octanol–water partition coefficient (Wildman–Crippen LogP) is 2.57. The zero-order valence-electron chi connectivity index (χ0n) is 14.8. The van der Waals surface area contributed by atoms with E-state index in [9.17, 15) is 9.59 Å². The number of rotatable bonds is 7. The summed E-state index contributed by atoms with van der Waals surface area (Å²) in [5, 5.41) is 3.24. The van der Waals surface area contributed by atoms with Gasteiger partial charge in [0.1, 0.15) is 11.6 Å². The number of hydrogen-bond donors (Lipinski definition) is 1. The molecule has 5 heteroatoms. The Morgan fingerprint density at radius 3 is 2.54 bits per heavy atom. The number of amidine groups is 1. The Hall–Kier alpha value is -2.95. The summed E-state index contributed by atoms with van der Waals surface area (Å²) >= 11 is 0. The first kappa shape index (κ1) is 17.9. The summed E-state index contributed by atoms with van der Waals surface area (Å²) in [4.78, 5) is 28.5. The minimum Gasteiger partial charge on any atom is -0.462 e. The maximum Gasteiger partial charge on any atom is 0.338 e. The average molecular weight is 350 g/mol. The van der Waals surface area contributed by atoms with Crippen LogP contribution in [0, 0.1) is 0 Å². The average Bonchev–Trinajstić information content (AvgIpc) is 3.17. The molecule has 2 aromatic rings. The van der Waals surface area contributed by atoms with E-state index in [0.717, 1.165) is 35.6 Å². The third-order valence-corrected chi connectivity index (χ3v) is 4.14. The quantitative estimate of drug-likeness (QED) is 0.780. The molecule has 1 heterocycles. The van der Waals surface area contributed by atoms with E-state index in [-0.39, 0.29) is 11.8 Å². The van der Waals surface area contributed by atoms with Crippen LogP contribution >= 0.6 is 0 Å². The number of esters is 1. The fraction of sp³-hybridized carbons (Fsp3) is 0.286. The number of carbonyl (C=O) groups is 2. The lowest BCUT2D eigenvalue weighted by molar-refractivity contribution is -0.117. The molecule has 0 atom stereocenters. The molecule has 1 aliphatic heterocycles. The number of benzene rings is 2. The maximum atomic E-state index is 12.4. The Morgan fingerprint density at radius 2 is 1.85 bits per heavy atom. The summed E-state index contributed by atoms with van der Waals surface area (Å²) in [5.74, 6) is 0.687. The molecular weight excluding hydrogens is 328 g/mol. The number of aliphatic imine (C=N–C) groups is 1. The maximum absolute atomic E-state index is 12.4. The Kier molecular flexibility index (Phi) is 5.79. The van der Waals surface area contributed by atoms with Crippen LogP contribution in [0.2, 0.25) is 0 Å². The second kappa shape index (κ2) is 8.43. The summed E-state index contributed by atoms with van der Waals surface area (Å²) in [7, 11) is 0. The molecule has 0 spiro atoms. The third-order valence-electron chi connectivity index (χ3n) is 4.14. The molecule has 0 amide bonds. The molecule has 0 aromatic heterocycles. The van der Waals surface area contributed by atoms with Crippen molar-refractivity contribution in [1.82, 2.24) is 5.32 Å². The van der Waals surface area contributed by atoms with Gasteiger partial charge >= 0.3 is 5.97 Å². The van der Waals surface area contributed by atoms with Gasteiger partial charge in [-0.15, -0.1) is 0 Å². The normalized spacial score (nSPS) is 13.0. The fourth-order valence-electron chi connectivity index (χ4n) is 2.91. The van der Waals surface area contributed by atoms with Crippen molar-refractivity contribution in [3.05, 3.63) is 70.8 Å². The van der Waals surface area contributed by atoms with Gasteiger partial charge in [-0.05, 0) is 36.2 Å². The molecular formula is C21H22N2O3. The van der Waals surface area contributed by atoms with Crippen molar-refractivity contribution >= 4 is 17.6 Å². The zero-order valence-corrected chi connectivity index (χ0v) is 14.8. The molecule has 2 aromatic carbocycles. The molecule has 0 radical (unpaired) electrons. The van der Waals surface area contributed by atoms with Gasteiger partial charge in [0.2, 0.25) is 0 Å². The first-order chi connectivity index (χ1) is 12.7. The van der Waals surface area contributed by atoms with Crippen LogP contribution in [0.1, 0.15) is 34.0 Å². The minimum atomic E-state index is -0.342. The van der Waals surface area contributed by atoms with Crippen LogP contribution in [0.15, 0.2) is 53.5 Å². The van der Waals surface area contributed by atoms with Crippen molar-refractivity contribution in [3.8, 4) is 0 Å². The molecule has 1 N–H and O–H groups in total. The van der Waals surface area contributed by atoms with Gasteiger partial charge in [0.05, 0.1) is 18.7 Å². The van der Waals surface area contributed by atoms with E-state index in [2.05, 4.69) is 10.3 Å². The highest BCUT2D eigenvalue weighted by Crippen LogP contribution is 2.12. The molecule has 0 aliphatic carbocycles. The summed E-state index contributed by atoms with van der Waals surface area (Å²) < 4.78 is 4.96. The second-order valence-electron chi connectivity index (χ2n) is 6.17. The van der Waals surface area contributed by atoms with Crippen LogP contribution in [0.3, 0.4) is 0 Å². The summed E-state index contributed by atoms with van der Waals surface area (Å²) in [6, 6.07) is 14.9. The van der Waals surface area contributed by atoms with Crippen molar-refractivity contribution in [3.63, 3.8) is 0 Å². The molecule has 0 bridgehead atoms. The number of ketones is 1. The number of nitrogens with zero attached hydrogens (tertiary/aromatic N) is 1. The van der Waals surface area contributed by atoms with E-state index in [0.29, 0.717) is 25.0 Å².